The number of aromatic nitrogens is 4. The number of nitrogens with zero attached hydrogens (tertiary/aromatic N) is 4. The summed E-state index contributed by atoms with van der Waals surface area (Å²) in [5.41, 5.74) is 8.77. The van der Waals surface area contributed by atoms with E-state index in [2.05, 4.69) is 15.3 Å². The number of nitrogens with two attached hydrogens (primary N) is 1. The summed E-state index contributed by atoms with van der Waals surface area (Å²) in [6.07, 6.45) is 0.309. The van der Waals surface area contributed by atoms with E-state index in [1.54, 1.807) is 22.9 Å². The number of carbonyl (C=O) groups excluding carboxylic acids is 1. The van der Waals surface area contributed by atoms with E-state index in [-0.39, 0.29) is 23.5 Å². The minimum atomic E-state index is -1.01. The molecule has 1 amide bonds. The fourth-order valence-corrected chi connectivity index (χ4v) is 4.77. The first kappa shape index (κ1) is 21.0. The van der Waals surface area contributed by atoms with Crippen LogP contribution in [0.1, 0.15) is 29.3 Å². The molecule has 1 atom stereocenters. The van der Waals surface area contributed by atoms with Crippen molar-refractivity contribution in [2.75, 3.05) is 11.1 Å². The molecule has 7 nitrogen and oxygen atoms in total. The molecule has 35 heavy (non-hydrogen) atoms. The molecule has 3 N–H and O–H groups in total. The quantitative estimate of drug-likeness (QED) is 0.411. The Kier molecular flexibility index (Phi) is 4.63. The molecule has 3 heterocycles. The third kappa shape index (κ3) is 3.18. The zero-order valence-corrected chi connectivity index (χ0v) is 18.9. The van der Waals surface area contributed by atoms with Crippen molar-refractivity contribution in [2.45, 2.75) is 18.8 Å². The second kappa shape index (κ2) is 7.73. The summed E-state index contributed by atoms with van der Waals surface area (Å²) >= 11 is 0. The summed E-state index contributed by atoms with van der Waals surface area (Å²) < 4.78 is 15.9. The Balaban J connectivity index is 1.49. The van der Waals surface area contributed by atoms with Gasteiger partial charge in [-0.05, 0) is 30.2 Å². The molecule has 0 bridgehead atoms. The number of carbonyl (C=O) groups is 1. The molecule has 3 aromatic carbocycles. The maximum Gasteiger partial charge on any atom is 0.255 e. The second-order valence-corrected chi connectivity index (χ2v) is 8.72. The molecule has 172 valence electrons. The van der Waals surface area contributed by atoms with Crippen LogP contribution in [-0.2, 0) is 16.6 Å². The SMILES string of the molecule is CC1(c2ccccc2)C(=O)Nc2nc(-n3nc(Cc4ccccc4F)c4ccccc43)nc(N)c21. The molecule has 0 radical (unpaired) electrons. The Bertz CT molecular complexity index is 1610. The number of para-hydroxylation sites is 1. The van der Waals surface area contributed by atoms with Gasteiger partial charge in [0, 0.05) is 11.8 Å². The van der Waals surface area contributed by atoms with Gasteiger partial charge >= 0.3 is 0 Å². The molecular formula is C27H21FN6O. The average molecular weight is 465 g/mol. The third-order valence-corrected chi connectivity index (χ3v) is 6.63. The lowest BCUT2D eigenvalue weighted by Crippen LogP contribution is -2.32. The first-order valence-corrected chi connectivity index (χ1v) is 11.2. The smallest absolute Gasteiger partial charge is 0.255 e. The van der Waals surface area contributed by atoms with Gasteiger partial charge in [-0.25, -0.2) is 4.39 Å². The highest BCUT2D eigenvalue weighted by molar-refractivity contribution is 6.09. The van der Waals surface area contributed by atoms with Crippen molar-refractivity contribution < 1.29 is 9.18 Å². The minimum Gasteiger partial charge on any atom is -0.383 e. The van der Waals surface area contributed by atoms with Crippen molar-refractivity contribution in [3.63, 3.8) is 0 Å². The molecule has 8 heteroatoms. The Morgan fingerprint density at radius 2 is 1.69 bits per heavy atom. The molecule has 0 fully saturated rings. The monoisotopic (exact) mass is 464 g/mol. The molecule has 2 aromatic heterocycles. The van der Waals surface area contributed by atoms with Crippen molar-refractivity contribution in [2.24, 2.45) is 0 Å². The number of hydrogen-bond donors (Lipinski definition) is 2. The molecule has 0 saturated heterocycles. The van der Waals surface area contributed by atoms with Crippen molar-refractivity contribution in [3.05, 3.63) is 107 Å². The zero-order valence-electron chi connectivity index (χ0n) is 18.9. The fraction of sp³-hybridized carbons (Fsp3) is 0.111. The van der Waals surface area contributed by atoms with Crippen LogP contribution >= 0.6 is 0 Å². The Morgan fingerprint density at radius 3 is 2.49 bits per heavy atom. The average Bonchev–Trinajstić information content (AvgIpc) is 3.36. The highest BCUT2D eigenvalue weighted by atomic mass is 19.1. The van der Waals surface area contributed by atoms with Gasteiger partial charge < -0.3 is 11.1 Å². The molecule has 5 aromatic rings. The molecule has 0 aliphatic carbocycles. The number of rotatable bonds is 4. The fourth-order valence-electron chi connectivity index (χ4n) is 4.77. The molecular weight excluding hydrogens is 443 g/mol. The molecule has 6 rings (SSSR count). The second-order valence-electron chi connectivity index (χ2n) is 8.72. The van der Waals surface area contributed by atoms with Gasteiger partial charge in [0.25, 0.3) is 5.95 Å². The number of fused-ring (bicyclic) bond motifs is 2. The van der Waals surface area contributed by atoms with Gasteiger partial charge in [0.1, 0.15) is 22.9 Å². The summed E-state index contributed by atoms with van der Waals surface area (Å²) in [6, 6.07) is 23.7. The molecule has 1 aliphatic rings. The van der Waals surface area contributed by atoms with E-state index in [9.17, 15) is 9.18 Å². The highest BCUT2D eigenvalue weighted by Gasteiger charge is 2.47. The topological polar surface area (TPSA) is 98.7 Å². The maximum absolute atomic E-state index is 14.3. The van der Waals surface area contributed by atoms with E-state index >= 15 is 0 Å². The zero-order chi connectivity index (χ0) is 24.2. The lowest BCUT2D eigenvalue weighted by molar-refractivity contribution is -0.119. The van der Waals surface area contributed by atoms with Crippen LogP contribution in [0.2, 0.25) is 0 Å². The summed E-state index contributed by atoms with van der Waals surface area (Å²) in [5.74, 6) is 0.286. The number of hydrogen-bond acceptors (Lipinski definition) is 5. The minimum absolute atomic E-state index is 0.199. The highest BCUT2D eigenvalue weighted by Crippen LogP contribution is 2.44. The molecule has 1 unspecified atom stereocenters. The van der Waals surface area contributed by atoms with Gasteiger partial charge in [0.05, 0.1) is 16.8 Å². The maximum atomic E-state index is 14.3. The number of amides is 1. The van der Waals surface area contributed by atoms with E-state index in [0.29, 0.717) is 29.1 Å². The summed E-state index contributed by atoms with van der Waals surface area (Å²) in [6.45, 7) is 1.82. The van der Waals surface area contributed by atoms with Gasteiger partial charge in [-0.15, -0.1) is 0 Å². The van der Waals surface area contributed by atoms with Crippen LogP contribution < -0.4 is 11.1 Å². The Labute approximate surface area is 200 Å². The van der Waals surface area contributed by atoms with Gasteiger partial charge in [-0.3, -0.25) is 4.79 Å². The van der Waals surface area contributed by atoms with Crippen LogP contribution in [0.3, 0.4) is 0 Å². The first-order valence-electron chi connectivity index (χ1n) is 11.2. The predicted octanol–water partition coefficient (Wildman–Crippen LogP) is 4.39. The van der Waals surface area contributed by atoms with Gasteiger partial charge in [0.15, 0.2) is 0 Å². The largest absolute Gasteiger partial charge is 0.383 e. The van der Waals surface area contributed by atoms with Gasteiger partial charge in [-0.1, -0.05) is 66.7 Å². The van der Waals surface area contributed by atoms with E-state index in [1.807, 2.05) is 61.5 Å². The standard InChI is InChI=1S/C27H21FN6O/c1-27(17-10-3-2-4-11-17)22-23(29)30-26(32-24(22)31-25(27)35)34-21-14-8-6-12-18(21)20(33-34)15-16-9-5-7-13-19(16)28/h2-14H,15H2,1H3,(H3,29,30,31,32,35). The van der Waals surface area contributed by atoms with Crippen LogP contribution in [0, 0.1) is 5.82 Å². The number of nitrogens with one attached hydrogen (secondary N) is 1. The number of nitrogen functional groups attached to an aromatic ring is 1. The van der Waals surface area contributed by atoms with Crippen molar-refractivity contribution in [3.8, 4) is 5.95 Å². The van der Waals surface area contributed by atoms with Crippen LogP contribution in [-0.4, -0.2) is 25.7 Å². The van der Waals surface area contributed by atoms with E-state index < -0.39 is 5.41 Å². The third-order valence-electron chi connectivity index (χ3n) is 6.63. The normalized spacial score (nSPS) is 16.9. The molecule has 1 aliphatic heterocycles. The number of halogens is 1. The predicted molar refractivity (Wildman–Crippen MR) is 132 cm³/mol. The van der Waals surface area contributed by atoms with Crippen LogP contribution in [0.5, 0.6) is 0 Å². The number of anilines is 2. The van der Waals surface area contributed by atoms with E-state index in [1.165, 1.54) is 6.07 Å². The van der Waals surface area contributed by atoms with Crippen molar-refractivity contribution in [1.29, 1.82) is 0 Å². The first-order chi connectivity index (χ1) is 17.0. The summed E-state index contributed by atoms with van der Waals surface area (Å²) in [4.78, 5) is 22.3. The van der Waals surface area contributed by atoms with E-state index in [4.69, 9.17) is 10.8 Å². The number of benzene rings is 3. The summed E-state index contributed by atoms with van der Waals surface area (Å²) in [7, 11) is 0. The van der Waals surface area contributed by atoms with Crippen LogP contribution in [0.4, 0.5) is 16.0 Å². The Hall–Kier alpha value is -4.59. The van der Waals surface area contributed by atoms with E-state index in [0.717, 1.165) is 16.5 Å². The Morgan fingerprint density at radius 1 is 0.971 bits per heavy atom. The molecule has 0 spiro atoms. The van der Waals surface area contributed by atoms with Crippen LogP contribution in [0.15, 0.2) is 78.9 Å². The molecule has 0 saturated carbocycles. The van der Waals surface area contributed by atoms with Crippen LogP contribution in [0.25, 0.3) is 16.9 Å². The van der Waals surface area contributed by atoms with Gasteiger partial charge in [0.2, 0.25) is 5.91 Å². The van der Waals surface area contributed by atoms with Crippen molar-refractivity contribution in [1.82, 2.24) is 19.7 Å². The lowest BCUT2D eigenvalue weighted by Gasteiger charge is -2.23. The summed E-state index contributed by atoms with van der Waals surface area (Å²) in [5, 5.41) is 8.47. The van der Waals surface area contributed by atoms with Gasteiger partial charge in [-0.2, -0.15) is 19.7 Å². The lowest BCUT2D eigenvalue weighted by atomic mass is 9.78. The van der Waals surface area contributed by atoms with Crippen molar-refractivity contribution >= 4 is 28.4 Å².